The van der Waals surface area contributed by atoms with E-state index >= 15 is 0 Å². The van der Waals surface area contributed by atoms with Crippen LogP contribution in [0.1, 0.15) is 22.8 Å². The molecule has 0 bridgehead atoms. The van der Waals surface area contributed by atoms with Crippen molar-refractivity contribution in [2.75, 3.05) is 5.73 Å². The first kappa shape index (κ1) is 14.3. The van der Waals surface area contributed by atoms with Crippen LogP contribution in [0.2, 0.25) is 0 Å². The second-order valence-corrected chi connectivity index (χ2v) is 4.42. The number of halogens is 3. The second-order valence-electron chi connectivity index (χ2n) is 4.42. The molecule has 2 aromatic rings. The SMILES string of the molecule is Nc1ccncc1CC(O)c1cccc(C(F)(F)F)c1. The molecule has 106 valence electrons. The van der Waals surface area contributed by atoms with Gasteiger partial charge in [0.05, 0.1) is 11.7 Å². The number of aliphatic hydroxyl groups excluding tert-OH is 1. The number of hydrogen-bond acceptors (Lipinski definition) is 3. The van der Waals surface area contributed by atoms with E-state index in [4.69, 9.17) is 5.73 Å². The first-order valence-electron chi connectivity index (χ1n) is 5.91. The van der Waals surface area contributed by atoms with E-state index in [1.54, 1.807) is 6.07 Å². The van der Waals surface area contributed by atoms with E-state index in [-0.39, 0.29) is 12.0 Å². The zero-order chi connectivity index (χ0) is 14.8. The number of alkyl halides is 3. The Hall–Kier alpha value is -2.08. The van der Waals surface area contributed by atoms with Crippen LogP contribution in [0.15, 0.2) is 42.7 Å². The number of rotatable bonds is 3. The highest BCUT2D eigenvalue weighted by Gasteiger charge is 2.30. The zero-order valence-electron chi connectivity index (χ0n) is 10.4. The Balaban J connectivity index is 2.22. The van der Waals surface area contributed by atoms with Gasteiger partial charge >= 0.3 is 6.18 Å². The molecular formula is C14H13F3N2O. The molecule has 0 aliphatic rings. The lowest BCUT2D eigenvalue weighted by Crippen LogP contribution is -2.08. The van der Waals surface area contributed by atoms with E-state index in [0.29, 0.717) is 11.3 Å². The topological polar surface area (TPSA) is 59.1 Å². The molecule has 0 amide bonds. The Kier molecular flexibility index (Phi) is 3.94. The Morgan fingerprint density at radius 1 is 1.25 bits per heavy atom. The van der Waals surface area contributed by atoms with Gasteiger partial charge in [0.2, 0.25) is 0 Å². The van der Waals surface area contributed by atoms with Crippen molar-refractivity contribution in [3.8, 4) is 0 Å². The normalized spacial score (nSPS) is 13.2. The highest BCUT2D eigenvalue weighted by molar-refractivity contribution is 5.45. The minimum Gasteiger partial charge on any atom is -0.398 e. The van der Waals surface area contributed by atoms with Crippen LogP contribution in [-0.4, -0.2) is 10.1 Å². The minimum atomic E-state index is -4.43. The van der Waals surface area contributed by atoms with Gasteiger partial charge in [0.15, 0.2) is 0 Å². The third kappa shape index (κ3) is 3.27. The molecule has 1 aromatic heterocycles. The summed E-state index contributed by atoms with van der Waals surface area (Å²) in [6.45, 7) is 0. The van der Waals surface area contributed by atoms with E-state index < -0.39 is 17.8 Å². The van der Waals surface area contributed by atoms with Gasteiger partial charge in [-0.15, -0.1) is 0 Å². The van der Waals surface area contributed by atoms with Gasteiger partial charge in [0, 0.05) is 24.5 Å². The summed E-state index contributed by atoms with van der Waals surface area (Å²) in [7, 11) is 0. The van der Waals surface area contributed by atoms with Crippen molar-refractivity contribution in [3.63, 3.8) is 0 Å². The predicted octanol–water partition coefficient (Wildman–Crippen LogP) is 2.96. The maximum absolute atomic E-state index is 12.6. The number of nitrogens with zero attached hydrogens (tertiary/aromatic N) is 1. The third-order valence-electron chi connectivity index (χ3n) is 2.95. The average Bonchev–Trinajstić information content (AvgIpc) is 2.40. The Bertz CT molecular complexity index is 599. The smallest absolute Gasteiger partial charge is 0.398 e. The number of anilines is 1. The largest absolute Gasteiger partial charge is 0.416 e. The molecule has 0 aliphatic carbocycles. The summed E-state index contributed by atoms with van der Waals surface area (Å²) < 4.78 is 37.8. The zero-order valence-corrected chi connectivity index (χ0v) is 10.4. The van der Waals surface area contributed by atoms with Crippen LogP contribution in [0.25, 0.3) is 0 Å². The maximum atomic E-state index is 12.6. The number of aromatic nitrogens is 1. The molecule has 0 spiro atoms. The van der Waals surface area contributed by atoms with Crippen LogP contribution in [0, 0.1) is 0 Å². The number of nitrogen functional groups attached to an aromatic ring is 1. The van der Waals surface area contributed by atoms with Gasteiger partial charge < -0.3 is 10.8 Å². The maximum Gasteiger partial charge on any atom is 0.416 e. The quantitative estimate of drug-likeness (QED) is 0.910. The summed E-state index contributed by atoms with van der Waals surface area (Å²) in [4.78, 5) is 3.88. The van der Waals surface area contributed by atoms with Crippen molar-refractivity contribution in [1.29, 1.82) is 0 Å². The number of pyridine rings is 1. The molecule has 0 saturated heterocycles. The first-order chi connectivity index (χ1) is 9.38. The van der Waals surface area contributed by atoms with E-state index in [2.05, 4.69) is 4.98 Å². The molecule has 1 atom stereocenters. The molecular weight excluding hydrogens is 269 g/mol. The molecule has 2 rings (SSSR count). The summed E-state index contributed by atoms with van der Waals surface area (Å²) in [5, 5.41) is 10.0. The molecule has 3 N–H and O–H groups in total. The average molecular weight is 282 g/mol. The fraction of sp³-hybridized carbons (Fsp3) is 0.214. The van der Waals surface area contributed by atoms with E-state index in [1.165, 1.54) is 24.5 Å². The summed E-state index contributed by atoms with van der Waals surface area (Å²) >= 11 is 0. The van der Waals surface area contributed by atoms with Crippen LogP contribution < -0.4 is 5.73 Å². The number of nitrogens with two attached hydrogens (primary N) is 1. The van der Waals surface area contributed by atoms with Gasteiger partial charge in [-0.05, 0) is 29.3 Å². The number of aliphatic hydroxyl groups is 1. The van der Waals surface area contributed by atoms with Gasteiger partial charge in [-0.3, -0.25) is 4.98 Å². The molecule has 0 aliphatic heterocycles. The molecule has 0 radical (unpaired) electrons. The van der Waals surface area contributed by atoms with Gasteiger partial charge in [-0.2, -0.15) is 13.2 Å². The molecule has 1 aromatic carbocycles. The van der Waals surface area contributed by atoms with Crippen molar-refractivity contribution in [1.82, 2.24) is 4.98 Å². The van der Waals surface area contributed by atoms with Crippen LogP contribution in [0.3, 0.4) is 0 Å². The Morgan fingerprint density at radius 2 is 2.00 bits per heavy atom. The number of hydrogen-bond donors (Lipinski definition) is 2. The first-order valence-corrected chi connectivity index (χ1v) is 5.91. The Labute approximate surface area is 113 Å². The minimum absolute atomic E-state index is 0.112. The third-order valence-corrected chi connectivity index (χ3v) is 2.95. The fourth-order valence-corrected chi connectivity index (χ4v) is 1.86. The molecule has 0 fully saturated rings. The lowest BCUT2D eigenvalue weighted by molar-refractivity contribution is -0.137. The highest BCUT2D eigenvalue weighted by atomic mass is 19.4. The van der Waals surface area contributed by atoms with E-state index in [9.17, 15) is 18.3 Å². The van der Waals surface area contributed by atoms with Crippen molar-refractivity contribution in [2.45, 2.75) is 18.7 Å². The lowest BCUT2D eigenvalue weighted by Gasteiger charge is -2.14. The molecule has 1 heterocycles. The highest BCUT2D eigenvalue weighted by Crippen LogP contribution is 2.31. The van der Waals surface area contributed by atoms with E-state index in [0.717, 1.165) is 12.1 Å². The van der Waals surface area contributed by atoms with Crippen molar-refractivity contribution in [2.24, 2.45) is 0 Å². The molecule has 1 unspecified atom stereocenters. The molecule has 20 heavy (non-hydrogen) atoms. The van der Waals surface area contributed by atoms with Gasteiger partial charge in [0.25, 0.3) is 0 Å². The predicted molar refractivity (Wildman–Crippen MR) is 68.8 cm³/mol. The van der Waals surface area contributed by atoms with Crippen LogP contribution in [0.5, 0.6) is 0 Å². The number of benzene rings is 1. The van der Waals surface area contributed by atoms with Crippen LogP contribution >= 0.6 is 0 Å². The monoisotopic (exact) mass is 282 g/mol. The van der Waals surface area contributed by atoms with Gasteiger partial charge in [-0.1, -0.05) is 12.1 Å². The Morgan fingerprint density at radius 3 is 2.65 bits per heavy atom. The lowest BCUT2D eigenvalue weighted by atomic mass is 10.00. The standard InChI is InChI=1S/C14H13F3N2O/c15-14(16,17)11-3-1-2-9(6-11)13(20)7-10-8-19-5-4-12(10)18/h1-6,8,13,20H,7H2,(H2,18,19). The van der Waals surface area contributed by atoms with Gasteiger partial charge in [-0.25, -0.2) is 0 Å². The summed E-state index contributed by atoms with van der Waals surface area (Å²) in [5.74, 6) is 0. The fourth-order valence-electron chi connectivity index (χ4n) is 1.86. The van der Waals surface area contributed by atoms with Crippen LogP contribution in [-0.2, 0) is 12.6 Å². The summed E-state index contributed by atoms with van der Waals surface area (Å²) in [6.07, 6.45) is -2.38. The van der Waals surface area contributed by atoms with Gasteiger partial charge in [0.1, 0.15) is 0 Å². The van der Waals surface area contributed by atoms with E-state index in [1.807, 2.05) is 0 Å². The van der Waals surface area contributed by atoms with Crippen molar-refractivity contribution < 1.29 is 18.3 Å². The molecule has 6 heteroatoms. The van der Waals surface area contributed by atoms with Crippen molar-refractivity contribution >= 4 is 5.69 Å². The summed E-state index contributed by atoms with van der Waals surface area (Å²) in [5.41, 5.74) is 6.17. The van der Waals surface area contributed by atoms with Crippen molar-refractivity contribution in [3.05, 3.63) is 59.4 Å². The molecule has 3 nitrogen and oxygen atoms in total. The second kappa shape index (κ2) is 5.50. The van der Waals surface area contributed by atoms with Crippen LogP contribution in [0.4, 0.5) is 18.9 Å². The summed E-state index contributed by atoms with van der Waals surface area (Å²) in [6, 6.07) is 6.21. The molecule has 0 saturated carbocycles.